The lowest BCUT2D eigenvalue weighted by Gasteiger charge is -2.54. The van der Waals surface area contributed by atoms with Crippen LogP contribution in [0.2, 0.25) is 0 Å². The predicted molar refractivity (Wildman–Crippen MR) is 93.9 cm³/mol. The molecule has 0 aromatic rings. The van der Waals surface area contributed by atoms with E-state index in [0.29, 0.717) is 24.8 Å². The molecule has 0 spiro atoms. The van der Waals surface area contributed by atoms with Gasteiger partial charge in [0.2, 0.25) is 0 Å². The molecule has 0 unspecified atom stereocenters. The fourth-order valence-electron chi connectivity index (χ4n) is 6.13. The molecule has 140 valence electrons. The average Bonchev–Trinajstić information content (AvgIpc) is 2.88. The summed E-state index contributed by atoms with van der Waals surface area (Å²) in [5.74, 6) is -0.819. The molecule has 4 aliphatic carbocycles. The first kappa shape index (κ1) is 17.8. The summed E-state index contributed by atoms with van der Waals surface area (Å²) in [4.78, 5) is 24.0. The quantitative estimate of drug-likeness (QED) is 0.742. The lowest BCUT2D eigenvalue weighted by Crippen LogP contribution is -2.56. The minimum Gasteiger partial charge on any atom is -0.388 e. The van der Waals surface area contributed by atoms with E-state index in [1.54, 1.807) is 6.08 Å². The summed E-state index contributed by atoms with van der Waals surface area (Å²) in [6.07, 6.45) is 7.29. The van der Waals surface area contributed by atoms with E-state index < -0.39 is 35.0 Å². The van der Waals surface area contributed by atoms with Crippen molar-refractivity contribution in [1.82, 2.24) is 0 Å². The summed E-state index contributed by atoms with van der Waals surface area (Å²) in [5, 5.41) is 20.4. The van der Waals surface area contributed by atoms with Crippen LogP contribution in [-0.2, 0) is 9.59 Å². The molecule has 0 bridgehead atoms. The van der Waals surface area contributed by atoms with Crippen LogP contribution < -0.4 is 0 Å². The van der Waals surface area contributed by atoms with Gasteiger partial charge in [-0.1, -0.05) is 24.6 Å². The Balaban J connectivity index is 1.80. The third-order valence-corrected chi connectivity index (χ3v) is 7.69. The molecule has 2 fully saturated rings. The Morgan fingerprint density at radius 3 is 2.77 bits per heavy atom. The molecule has 0 saturated heterocycles. The first-order chi connectivity index (χ1) is 12.2. The fourth-order valence-corrected chi connectivity index (χ4v) is 6.13. The second kappa shape index (κ2) is 5.46. The van der Waals surface area contributed by atoms with Crippen LogP contribution >= 0.6 is 0 Å². The van der Waals surface area contributed by atoms with Crippen LogP contribution in [0.15, 0.2) is 35.5 Å². The molecule has 2 saturated carbocycles. The Morgan fingerprint density at radius 1 is 1.35 bits per heavy atom. The minimum absolute atomic E-state index is 0.0225. The minimum atomic E-state index is -1.56. The van der Waals surface area contributed by atoms with E-state index in [9.17, 15) is 19.8 Å². The normalized spacial score (nSPS) is 46.8. The number of allylic oxidation sites excluding steroid dienone is 6. The van der Waals surface area contributed by atoms with Crippen molar-refractivity contribution in [1.29, 1.82) is 0 Å². The Kier molecular flexibility index (Phi) is 3.74. The van der Waals surface area contributed by atoms with Crippen molar-refractivity contribution in [3.8, 4) is 0 Å². The van der Waals surface area contributed by atoms with E-state index in [1.165, 1.54) is 12.2 Å². The van der Waals surface area contributed by atoms with Gasteiger partial charge in [0.15, 0.2) is 11.6 Å². The van der Waals surface area contributed by atoms with Crippen molar-refractivity contribution in [2.75, 3.05) is 6.61 Å². The monoisotopic (exact) mass is 360 g/mol. The highest BCUT2D eigenvalue weighted by molar-refractivity contribution is 6.01. The largest absolute Gasteiger partial charge is 0.388 e. The summed E-state index contributed by atoms with van der Waals surface area (Å²) in [6, 6.07) is 0. The molecular formula is C21H25FO4. The number of ketones is 2. The molecule has 4 nitrogen and oxygen atoms in total. The molecular weight excluding hydrogens is 335 g/mol. The zero-order valence-corrected chi connectivity index (χ0v) is 15.2. The topological polar surface area (TPSA) is 74.6 Å². The third kappa shape index (κ3) is 2.01. The molecule has 6 atom stereocenters. The maximum Gasteiger partial charge on any atom is 0.190 e. The van der Waals surface area contributed by atoms with Gasteiger partial charge in [-0.15, -0.1) is 0 Å². The van der Waals surface area contributed by atoms with Crippen LogP contribution in [0.5, 0.6) is 0 Å². The molecule has 5 heteroatoms. The highest BCUT2D eigenvalue weighted by Crippen LogP contribution is 2.65. The summed E-state index contributed by atoms with van der Waals surface area (Å²) in [7, 11) is 0. The van der Waals surface area contributed by atoms with Crippen LogP contribution in [0.4, 0.5) is 4.39 Å². The van der Waals surface area contributed by atoms with E-state index in [4.69, 9.17) is 0 Å². The average molecular weight is 360 g/mol. The summed E-state index contributed by atoms with van der Waals surface area (Å²) < 4.78 is 15.1. The SMILES string of the molecule is C[C@]12C=CC(=O)C=C1[C@@H](F)C[C@@H]1C2=CC[C@@]2(C)[C@H]1CC[C@]2(O)C(=O)CO. The number of carbonyl (C=O) groups excluding carboxylic acids is 2. The van der Waals surface area contributed by atoms with E-state index in [-0.39, 0.29) is 24.0 Å². The van der Waals surface area contributed by atoms with Gasteiger partial charge in [-0.25, -0.2) is 4.39 Å². The molecule has 2 N–H and O–H groups in total. The van der Waals surface area contributed by atoms with E-state index in [1.807, 2.05) is 19.9 Å². The van der Waals surface area contributed by atoms with Crippen LogP contribution in [0.3, 0.4) is 0 Å². The number of alkyl halides is 1. The van der Waals surface area contributed by atoms with Gasteiger partial charge in [-0.2, -0.15) is 0 Å². The van der Waals surface area contributed by atoms with Crippen LogP contribution in [0.25, 0.3) is 0 Å². The molecule has 26 heavy (non-hydrogen) atoms. The number of Topliss-reactive ketones (excluding diaryl/α,β-unsaturated/α-hetero) is 1. The number of carbonyl (C=O) groups is 2. The number of rotatable bonds is 2. The van der Waals surface area contributed by atoms with Gasteiger partial charge in [-0.3, -0.25) is 9.59 Å². The lowest BCUT2D eigenvalue weighted by atomic mass is 9.51. The van der Waals surface area contributed by atoms with Gasteiger partial charge in [0.25, 0.3) is 0 Å². The first-order valence-corrected chi connectivity index (χ1v) is 9.34. The fraction of sp³-hybridized carbons (Fsp3) is 0.619. The van der Waals surface area contributed by atoms with E-state index >= 15 is 4.39 Å². The maximum atomic E-state index is 15.1. The second-order valence-corrected chi connectivity index (χ2v) is 8.72. The molecule has 4 rings (SSSR count). The molecule has 0 aromatic heterocycles. The van der Waals surface area contributed by atoms with Crippen LogP contribution in [0, 0.1) is 22.7 Å². The first-order valence-electron chi connectivity index (χ1n) is 9.34. The Hall–Kier alpha value is -1.59. The Bertz CT molecular complexity index is 781. The number of aliphatic hydroxyl groups excluding tert-OH is 1. The number of aliphatic hydroxyl groups is 2. The zero-order valence-electron chi connectivity index (χ0n) is 15.2. The predicted octanol–water partition coefficient (Wildman–Crippen LogP) is 2.45. The maximum absolute atomic E-state index is 15.1. The van der Waals surface area contributed by atoms with Crippen molar-refractivity contribution in [2.24, 2.45) is 22.7 Å². The van der Waals surface area contributed by atoms with Crippen molar-refractivity contribution in [2.45, 2.75) is 51.3 Å². The van der Waals surface area contributed by atoms with E-state index in [0.717, 1.165) is 5.57 Å². The van der Waals surface area contributed by atoms with Gasteiger partial charge >= 0.3 is 0 Å². The van der Waals surface area contributed by atoms with Gasteiger partial charge < -0.3 is 10.2 Å². The van der Waals surface area contributed by atoms with Gasteiger partial charge in [0, 0.05) is 10.8 Å². The number of halogens is 1. The van der Waals surface area contributed by atoms with Crippen LogP contribution in [-0.4, -0.2) is 40.2 Å². The van der Waals surface area contributed by atoms with Gasteiger partial charge in [-0.05, 0) is 62.2 Å². The number of fused-ring (bicyclic) bond motifs is 5. The third-order valence-electron chi connectivity index (χ3n) is 7.69. The van der Waals surface area contributed by atoms with Crippen molar-refractivity contribution >= 4 is 11.6 Å². The van der Waals surface area contributed by atoms with Crippen molar-refractivity contribution < 1.29 is 24.2 Å². The second-order valence-electron chi connectivity index (χ2n) is 8.72. The molecule has 0 heterocycles. The smallest absolute Gasteiger partial charge is 0.190 e. The van der Waals surface area contributed by atoms with E-state index in [2.05, 4.69) is 0 Å². The van der Waals surface area contributed by atoms with Crippen LogP contribution in [0.1, 0.15) is 39.5 Å². The number of hydrogen-bond donors (Lipinski definition) is 2. The highest BCUT2D eigenvalue weighted by atomic mass is 19.1. The Labute approximate surface area is 152 Å². The summed E-state index contributed by atoms with van der Waals surface area (Å²) >= 11 is 0. The molecule has 0 amide bonds. The van der Waals surface area contributed by atoms with Crippen molar-refractivity contribution in [3.05, 3.63) is 35.5 Å². The molecule has 0 aliphatic heterocycles. The standard InChI is InChI=1S/C21H25FO4/c1-19-6-3-12(24)9-16(19)17(22)10-13-14(19)4-7-20(2)15(13)5-8-21(20,26)18(25)11-23/h3-4,6,9,13,15,17,23,26H,5,7-8,10-11H2,1-2H3/t13-,15+,17+,19-,20+,21+/m1/s1. The lowest BCUT2D eigenvalue weighted by molar-refractivity contribution is -0.155. The zero-order chi connectivity index (χ0) is 18.9. The Morgan fingerprint density at radius 2 is 2.08 bits per heavy atom. The van der Waals surface area contributed by atoms with Crippen molar-refractivity contribution in [3.63, 3.8) is 0 Å². The number of hydrogen-bond acceptors (Lipinski definition) is 4. The van der Waals surface area contributed by atoms with Gasteiger partial charge in [0.1, 0.15) is 18.4 Å². The van der Waals surface area contributed by atoms with Gasteiger partial charge in [0.05, 0.1) is 0 Å². The highest BCUT2D eigenvalue weighted by Gasteiger charge is 2.64. The molecule has 0 aromatic carbocycles. The summed E-state index contributed by atoms with van der Waals surface area (Å²) in [5.41, 5.74) is -1.25. The summed E-state index contributed by atoms with van der Waals surface area (Å²) in [6.45, 7) is 3.17. The molecule has 0 radical (unpaired) electrons. The molecule has 4 aliphatic rings.